The number of carboxylic acids is 1. The third-order valence-corrected chi connectivity index (χ3v) is 10.7. The first-order chi connectivity index (χ1) is 21.8. The van der Waals surface area contributed by atoms with Crippen molar-refractivity contribution >= 4 is 59.4 Å². The zero-order chi connectivity index (χ0) is 34.8. The van der Waals surface area contributed by atoms with Gasteiger partial charge >= 0.3 is 11.8 Å². The molecular formula is C33H41BrN3O8S2+. The minimum absolute atomic E-state index is 0.107. The summed E-state index contributed by atoms with van der Waals surface area (Å²) < 4.78 is 67.8. The molecule has 3 N–H and O–H groups in total. The SMILES string of the molecule is CC1(C)C(=CC=CC=CC2=Nc3c(cc(Br)c[n+]3CCCS(=O)(=O)O)C2(C)C)N(CCCCCC(=O)O)c2ccc(S(=O)(=O)O)cc21. The predicted octanol–water partition coefficient (Wildman–Crippen LogP) is 6.06. The number of carbonyl (C=O) groups is 1. The van der Waals surface area contributed by atoms with E-state index in [1.807, 2.05) is 61.1 Å². The summed E-state index contributed by atoms with van der Waals surface area (Å²) in [5.41, 5.74) is 3.34. The van der Waals surface area contributed by atoms with E-state index in [4.69, 9.17) is 14.7 Å². The van der Waals surface area contributed by atoms with E-state index in [2.05, 4.69) is 34.7 Å². The van der Waals surface area contributed by atoms with Crippen LogP contribution in [-0.2, 0) is 42.4 Å². The van der Waals surface area contributed by atoms with E-state index in [-0.39, 0.29) is 23.5 Å². The Hall–Kier alpha value is -3.17. The molecule has 2 aromatic rings. The second-order valence-corrected chi connectivity index (χ2v) is 16.7. The smallest absolute Gasteiger partial charge is 0.327 e. The zero-order valence-corrected chi connectivity index (χ0v) is 30.1. The van der Waals surface area contributed by atoms with Crippen molar-refractivity contribution < 1.29 is 40.4 Å². The van der Waals surface area contributed by atoms with Crippen molar-refractivity contribution in [2.24, 2.45) is 4.99 Å². The molecule has 0 aliphatic carbocycles. The molecule has 0 unspecified atom stereocenters. The molecule has 0 amide bonds. The molecule has 47 heavy (non-hydrogen) atoms. The number of carboxylic acid groups (broad SMARTS) is 1. The highest BCUT2D eigenvalue weighted by molar-refractivity contribution is 9.10. The van der Waals surface area contributed by atoms with Crippen molar-refractivity contribution in [3.8, 4) is 0 Å². The Bertz CT molecular complexity index is 1900. The fraction of sp³-hybridized carbons (Fsp3) is 0.424. The van der Waals surface area contributed by atoms with Gasteiger partial charge in [-0.2, -0.15) is 16.8 Å². The number of anilines is 1. The molecule has 14 heteroatoms. The van der Waals surface area contributed by atoms with Gasteiger partial charge in [-0.15, -0.1) is 0 Å². The van der Waals surface area contributed by atoms with E-state index < -0.39 is 37.0 Å². The lowest BCUT2D eigenvalue weighted by Gasteiger charge is -2.27. The van der Waals surface area contributed by atoms with Crippen LogP contribution in [0, 0.1) is 0 Å². The molecule has 0 fully saturated rings. The highest BCUT2D eigenvalue weighted by atomic mass is 79.9. The molecule has 0 atom stereocenters. The van der Waals surface area contributed by atoms with Gasteiger partial charge in [0.05, 0.1) is 32.6 Å². The molecule has 11 nitrogen and oxygen atoms in total. The lowest BCUT2D eigenvalue weighted by molar-refractivity contribution is -0.684. The van der Waals surface area contributed by atoms with Crippen LogP contribution in [0.3, 0.4) is 0 Å². The minimum Gasteiger partial charge on any atom is -0.481 e. The average molecular weight is 752 g/mol. The molecule has 1 aromatic heterocycles. The van der Waals surface area contributed by atoms with Gasteiger partial charge in [0.15, 0.2) is 5.71 Å². The van der Waals surface area contributed by atoms with Crippen LogP contribution in [0.4, 0.5) is 11.5 Å². The second kappa shape index (κ2) is 14.1. The normalized spacial score (nSPS) is 17.9. The van der Waals surface area contributed by atoms with Crippen LogP contribution in [0.1, 0.15) is 70.9 Å². The van der Waals surface area contributed by atoms with Crippen LogP contribution in [0.15, 0.2) is 80.9 Å². The highest BCUT2D eigenvalue weighted by Gasteiger charge is 2.43. The van der Waals surface area contributed by atoms with Gasteiger partial charge in [0.1, 0.15) is 6.20 Å². The Labute approximate surface area is 285 Å². The summed E-state index contributed by atoms with van der Waals surface area (Å²) in [6.45, 7) is 9.10. The van der Waals surface area contributed by atoms with Gasteiger partial charge < -0.3 is 10.0 Å². The zero-order valence-electron chi connectivity index (χ0n) is 26.8. The molecule has 4 rings (SSSR count). The van der Waals surface area contributed by atoms with Crippen molar-refractivity contribution in [3.63, 3.8) is 0 Å². The fourth-order valence-corrected chi connectivity index (χ4v) is 7.53. The lowest BCUT2D eigenvalue weighted by Crippen LogP contribution is -2.36. The molecule has 0 radical (unpaired) electrons. The van der Waals surface area contributed by atoms with Crippen LogP contribution in [0.5, 0.6) is 0 Å². The summed E-state index contributed by atoms with van der Waals surface area (Å²) in [7, 11) is -8.45. The Morgan fingerprint density at radius 3 is 2.34 bits per heavy atom. The van der Waals surface area contributed by atoms with Gasteiger partial charge in [0.2, 0.25) is 0 Å². The van der Waals surface area contributed by atoms with Gasteiger partial charge in [-0.05, 0) is 89.6 Å². The Morgan fingerprint density at radius 2 is 1.68 bits per heavy atom. The number of aliphatic imine (C=N–C) groups is 1. The van der Waals surface area contributed by atoms with E-state index in [1.54, 1.807) is 6.07 Å². The number of halogens is 1. The van der Waals surface area contributed by atoms with Crippen LogP contribution >= 0.6 is 15.9 Å². The summed E-state index contributed by atoms with van der Waals surface area (Å²) in [6, 6.07) is 6.61. The number of allylic oxidation sites excluding steroid dienone is 6. The number of benzene rings is 1. The number of aryl methyl sites for hydroxylation is 1. The number of aliphatic carboxylic acids is 1. The standard InChI is InChI=1S/C33H40BrN3O8S2/c1-32(2)26-20-23(34)22-36(17-11-19-46(40,41)42)31(26)35-28(32)12-7-5-8-13-29-33(3,4)25-21-24(47(43,44)45)15-16-27(25)37(29)18-10-6-9-14-30(38)39/h5,7-8,12-13,15-16,20-22H,6,9-11,14,17-19H2,1-4H3,(H2-,38,39,40,41,42,43,44,45)/p+1. The fourth-order valence-electron chi connectivity index (χ4n) is 6.05. The number of hydrogen-bond donors (Lipinski definition) is 3. The maximum atomic E-state index is 11.9. The van der Waals surface area contributed by atoms with E-state index in [0.717, 1.165) is 51.4 Å². The topological polar surface area (TPSA) is 166 Å². The molecule has 1 aromatic carbocycles. The lowest BCUT2D eigenvalue weighted by atomic mass is 9.82. The van der Waals surface area contributed by atoms with Gasteiger partial charge in [-0.1, -0.05) is 38.5 Å². The first-order valence-corrected chi connectivity index (χ1v) is 19.1. The highest BCUT2D eigenvalue weighted by Crippen LogP contribution is 2.48. The number of fused-ring (bicyclic) bond motifs is 2. The molecule has 254 valence electrons. The van der Waals surface area contributed by atoms with Gasteiger partial charge in [0.25, 0.3) is 20.2 Å². The Kier molecular flexibility index (Phi) is 11.0. The van der Waals surface area contributed by atoms with Gasteiger partial charge in [-0.25, -0.2) is 4.57 Å². The van der Waals surface area contributed by atoms with Crippen LogP contribution in [0.25, 0.3) is 0 Å². The first-order valence-electron chi connectivity index (χ1n) is 15.3. The molecule has 0 spiro atoms. The maximum absolute atomic E-state index is 11.9. The minimum atomic E-state index is -4.39. The van der Waals surface area contributed by atoms with Crippen molar-refractivity contribution in [1.29, 1.82) is 0 Å². The van der Waals surface area contributed by atoms with Crippen molar-refractivity contribution in [2.45, 2.75) is 82.1 Å². The summed E-state index contributed by atoms with van der Waals surface area (Å²) in [5.74, 6) is -0.437. The number of nitrogens with zero attached hydrogens (tertiary/aromatic N) is 3. The second-order valence-electron chi connectivity index (χ2n) is 12.8. The molecule has 2 aliphatic heterocycles. The predicted molar refractivity (Wildman–Crippen MR) is 185 cm³/mol. The van der Waals surface area contributed by atoms with Crippen molar-refractivity contribution in [2.75, 3.05) is 17.2 Å². The Morgan fingerprint density at radius 1 is 0.957 bits per heavy atom. The third kappa shape index (κ3) is 8.65. The molecular weight excluding hydrogens is 710 g/mol. The molecule has 0 bridgehead atoms. The van der Waals surface area contributed by atoms with Crippen molar-refractivity contribution in [1.82, 2.24) is 0 Å². The largest absolute Gasteiger partial charge is 0.481 e. The Balaban J connectivity index is 1.58. The van der Waals surface area contributed by atoms with Crippen LogP contribution in [-0.4, -0.2) is 55.0 Å². The summed E-state index contributed by atoms with van der Waals surface area (Å²) in [5, 5.41) is 8.98. The van der Waals surface area contributed by atoms with Gasteiger partial charge in [-0.3, -0.25) is 13.9 Å². The van der Waals surface area contributed by atoms with E-state index in [9.17, 15) is 26.2 Å². The molecule has 2 aliphatic rings. The summed E-state index contributed by atoms with van der Waals surface area (Å²) in [4.78, 5) is 17.8. The number of rotatable bonds is 14. The van der Waals surface area contributed by atoms with E-state index >= 15 is 0 Å². The summed E-state index contributed by atoms with van der Waals surface area (Å²) >= 11 is 3.55. The monoisotopic (exact) mass is 750 g/mol. The van der Waals surface area contributed by atoms with E-state index in [1.165, 1.54) is 12.1 Å². The number of hydrogen-bond acceptors (Lipinski definition) is 7. The number of pyridine rings is 1. The van der Waals surface area contributed by atoms with E-state index in [0.29, 0.717) is 19.5 Å². The third-order valence-electron chi connectivity index (χ3n) is 8.58. The van der Waals surface area contributed by atoms with Crippen LogP contribution in [0.2, 0.25) is 0 Å². The molecule has 0 saturated carbocycles. The van der Waals surface area contributed by atoms with Crippen molar-refractivity contribution in [3.05, 3.63) is 82.1 Å². The van der Waals surface area contributed by atoms with Crippen LogP contribution < -0.4 is 9.47 Å². The first kappa shape index (κ1) is 36.7. The maximum Gasteiger partial charge on any atom is 0.327 e. The summed E-state index contributed by atoms with van der Waals surface area (Å²) in [6.07, 6.45) is 13.8. The number of aromatic nitrogens is 1. The molecule has 0 saturated heterocycles. The quantitative estimate of drug-likeness (QED) is 0.0900. The average Bonchev–Trinajstić information content (AvgIpc) is 3.32. The number of unbranched alkanes of at least 4 members (excludes halogenated alkanes) is 2. The molecule has 3 heterocycles. The van der Waals surface area contributed by atoms with Gasteiger partial charge in [0, 0.05) is 36.2 Å².